The van der Waals surface area contributed by atoms with Crippen LogP contribution in [0.5, 0.6) is 0 Å². The van der Waals surface area contributed by atoms with E-state index in [-0.39, 0.29) is 11.6 Å². The van der Waals surface area contributed by atoms with Crippen molar-refractivity contribution in [1.82, 2.24) is 4.57 Å². The zero-order valence-electron chi connectivity index (χ0n) is 8.37. The summed E-state index contributed by atoms with van der Waals surface area (Å²) in [5.74, 6) is 0. The van der Waals surface area contributed by atoms with E-state index >= 15 is 0 Å². The highest BCUT2D eigenvalue weighted by Gasteiger charge is 2.08. The fourth-order valence-corrected chi connectivity index (χ4v) is 1.40. The molecular weight excluding hydrogens is 164 g/mol. The topological polar surface area (TPSA) is 48.0 Å². The lowest BCUT2D eigenvalue weighted by Crippen LogP contribution is -2.25. The van der Waals surface area contributed by atoms with Gasteiger partial charge >= 0.3 is 0 Å². The molecule has 0 fully saturated rings. The van der Waals surface area contributed by atoms with Gasteiger partial charge in [0.05, 0.1) is 5.69 Å². The number of nitrogen functional groups attached to an aromatic ring is 1. The molecule has 1 aromatic rings. The second kappa shape index (κ2) is 3.64. The summed E-state index contributed by atoms with van der Waals surface area (Å²) in [6, 6.07) is 3.40. The van der Waals surface area contributed by atoms with Crippen LogP contribution >= 0.6 is 0 Å². The Morgan fingerprint density at radius 2 is 2.15 bits per heavy atom. The molecular formula is C10H16N2O. The lowest BCUT2D eigenvalue weighted by atomic mass is 10.2. The van der Waals surface area contributed by atoms with Gasteiger partial charge in [0, 0.05) is 17.8 Å². The van der Waals surface area contributed by atoms with E-state index in [2.05, 4.69) is 6.92 Å². The molecule has 1 unspecified atom stereocenters. The van der Waals surface area contributed by atoms with Crippen molar-refractivity contribution >= 4 is 5.69 Å². The third kappa shape index (κ3) is 1.74. The predicted octanol–water partition coefficient (Wildman–Crippen LogP) is 1.71. The minimum Gasteiger partial charge on any atom is -0.397 e. The van der Waals surface area contributed by atoms with Crippen molar-refractivity contribution in [1.29, 1.82) is 0 Å². The van der Waals surface area contributed by atoms with E-state index in [1.807, 2.05) is 13.8 Å². The van der Waals surface area contributed by atoms with Crippen LogP contribution in [0.4, 0.5) is 5.69 Å². The van der Waals surface area contributed by atoms with Gasteiger partial charge in [-0.2, -0.15) is 0 Å². The molecule has 2 N–H and O–H groups in total. The molecule has 0 aliphatic heterocycles. The third-order valence-electron chi connectivity index (χ3n) is 2.45. The van der Waals surface area contributed by atoms with Crippen molar-refractivity contribution in [3.8, 4) is 0 Å². The van der Waals surface area contributed by atoms with Gasteiger partial charge in [-0.1, -0.05) is 6.92 Å². The lowest BCUT2D eigenvalue weighted by Gasteiger charge is -2.17. The highest BCUT2D eigenvalue weighted by Crippen LogP contribution is 2.14. The molecule has 1 aromatic heterocycles. The third-order valence-corrected chi connectivity index (χ3v) is 2.45. The molecule has 1 heterocycles. The molecule has 0 spiro atoms. The van der Waals surface area contributed by atoms with Gasteiger partial charge in [-0.25, -0.2) is 0 Å². The van der Waals surface area contributed by atoms with Crippen molar-refractivity contribution in [2.45, 2.75) is 33.2 Å². The van der Waals surface area contributed by atoms with Crippen LogP contribution in [0.3, 0.4) is 0 Å². The van der Waals surface area contributed by atoms with Crippen molar-refractivity contribution in [2.24, 2.45) is 0 Å². The summed E-state index contributed by atoms with van der Waals surface area (Å²) < 4.78 is 1.75. The summed E-state index contributed by atoms with van der Waals surface area (Å²) in [7, 11) is 0. The minimum atomic E-state index is 0.0288. The summed E-state index contributed by atoms with van der Waals surface area (Å²) in [4.78, 5) is 11.5. The van der Waals surface area contributed by atoms with Crippen LogP contribution in [-0.2, 0) is 0 Å². The van der Waals surface area contributed by atoms with E-state index in [9.17, 15) is 4.79 Å². The minimum absolute atomic E-state index is 0.0288. The maximum absolute atomic E-state index is 11.5. The lowest BCUT2D eigenvalue weighted by molar-refractivity contribution is 0.504. The quantitative estimate of drug-likeness (QED) is 0.753. The Morgan fingerprint density at radius 1 is 1.54 bits per heavy atom. The molecule has 0 aliphatic rings. The van der Waals surface area contributed by atoms with E-state index in [0.717, 1.165) is 12.1 Å². The smallest absolute Gasteiger partial charge is 0.251 e. The number of rotatable bonds is 2. The van der Waals surface area contributed by atoms with Gasteiger partial charge in [-0.05, 0) is 26.3 Å². The first-order valence-electron chi connectivity index (χ1n) is 4.55. The van der Waals surface area contributed by atoms with E-state index in [1.54, 1.807) is 10.6 Å². The van der Waals surface area contributed by atoms with Gasteiger partial charge < -0.3 is 10.3 Å². The molecule has 1 atom stereocenters. The van der Waals surface area contributed by atoms with E-state index in [1.165, 1.54) is 6.07 Å². The van der Waals surface area contributed by atoms with Gasteiger partial charge in [0.2, 0.25) is 0 Å². The fraction of sp³-hybridized carbons (Fsp3) is 0.500. The Bertz CT molecular complexity index is 354. The number of nitrogens with two attached hydrogens (primary N) is 1. The molecule has 0 amide bonds. The molecule has 0 radical (unpaired) electrons. The Morgan fingerprint density at radius 3 is 2.69 bits per heavy atom. The van der Waals surface area contributed by atoms with E-state index in [4.69, 9.17) is 5.73 Å². The zero-order chi connectivity index (χ0) is 10.0. The Labute approximate surface area is 78.2 Å². The van der Waals surface area contributed by atoms with Crippen LogP contribution in [0.1, 0.15) is 32.0 Å². The second-order valence-corrected chi connectivity index (χ2v) is 3.34. The number of hydrogen-bond acceptors (Lipinski definition) is 2. The second-order valence-electron chi connectivity index (χ2n) is 3.34. The molecule has 0 aliphatic carbocycles. The summed E-state index contributed by atoms with van der Waals surface area (Å²) in [5, 5.41) is 0. The standard InChI is InChI=1S/C10H16N2O/c1-4-7(2)12-8(3)9(11)5-6-10(12)13/h5-7H,4,11H2,1-3H3. The Hall–Kier alpha value is -1.25. The summed E-state index contributed by atoms with van der Waals surface area (Å²) in [5.41, 5.74) is 7.29. The number of hydrogen-bond donors (Lipinski definition) is 1. The van der Waals surface area contributed by atoms with Crippen LogP contribution < -0.4 is 11.3 Å². The van der Waals surface area contributed by atoms with Crippen molar-refractivity contribution in [3.63, 3.8) is 0 Å². The molecule has 0 saturated heterocycles. The predicted molar refractivity (Wildman–Crippen MR) is 54.9 cm³/mol. The highest BCUT2D eigenvalue weighted by atomic mass is 16.1. The van der Waals surface area contributed by atoms with Crippen molar-refractivity contribution in [3.05, 3.63) is 28.2 Å². The number of anilines is 1. The van der Waals surface area contributed by atoms with Gasteiger partial charge in [-0.3, -0.25) is 4.79 Å². The summed E-state index contributed by atoms with van der Waals surface area (Å²) in [6.45, 7) is 5.95. The summed E-state index contributed by atoms with van der Waals surface area (Å²) in [6.07, 6.45) is 0.935. The van der Waals surface area contributed by atoms with Crippen LogP contribution in [0.15, 0.2) is 16.9 Å². The van der Waals surface area contributed by atoms with E-state index < -0.39 is 0 Å². The molecule has 3 heteroatoms. The van der Waals surface area contributed by atoms with Crippen molar-refractivity contribution in [2.75, 3.05) is 5.73 Å². The first kappa shape index (κ1) is 9.84. The van der Waals surface area contributed by atoms with Crippen LogP contribution in [0.2, 0.25) is 0 Å². The normalized spacial score (nSPS) is 12.8. The average Bonchev–Trinajstić information content (AvgIpc) is 2.12. The number of nitrogens with zero attached hydrogens (tertiary/aromatic N) is 1. The number of aromatic nitrogens is 1. The first-order chi connectivity index (χ1) is 6.07. The van der Waals surface area contributed by atoms with Gasteiger partial charge in [-0.15, -0.1) is 0 Å². The largest absolute Gasteiger partial charge is 0.397 e. The Kier molecular flexibility index (Phi) is 2.76. The van der Waals surface area contributed by atoms with Gasteiger partial charge in [0.1, 0.15) is 0 Å². The highest BCUT2D eigenvalue weighted by molar-refractivity contribution is 5.41. The van der Waals surface area contributed by atoms with E-state index in [0.29, 0.717) is 5.69 Å². The van der Waals surface area contributed by atoms with Gasteiger partial charge in [0.15, 0.2) is 0 Å². The van der Waals surface area contributed by atoms with Crippen molar-refractivity contribution < 1.29 is 0 Å². The van der Waals surface area contributed by atoms with Crippen LogP contribution in [0.25, 0.3) is 0 Å². The SMILES string of the molecule is CCC(C)n1c(C)c(N)ccc1=O. The zero-order valence-corrected chi connectivity index (χ0v) is 8.37. The number of pyridine rings is 1. The monoisotopic (exact) mass is 180 g/mol. The maximum atomic E-state index is 11.5. The van der Waals surface area contributed by atoms with Gasteiger partial charge in [0.25, 0.3) is 5.56 Å². The molecule has 13 heavy (non-hydrogen) atoms. The fourth-order valence-electron chi connectivity index (χ4n) is 1.40. The summed E-state index contributed by atoms with van der Waals surface area (Å²) >= 11 is 0. The molecule has 72 valence electrons. The molecule has 3 nitrogen and oxygen atoms in total. The average molecular weight is 180 g/mol. The molecule has 0 aromatic carbocycles. The Balaban J connectivity index is 3.33. The van der Waals surface area contributed by atoms with Crippen LogP contribution in [-0.4, -0.2) is 4.57 Å². The molecule has 0 bridgehead atoms. The molecule has 0 saturated carbocycles. The van der Waals surface area contributed by atoms with Crippen LogP contribution in [0, 0.1) is 6.92 Å². The maximum Gasteiger partial charge on any atom is 0.251 e. The first-order valence-corrected chi connectivity index (χ1v) is 4.55. The molecule has 1 rings (SSSR count).